The minimum Gasteiger partial charge on any atom is -0.456 e. The molecule has 0 radical (unpaired) electrons. The molecule has 1 fully saturated rings. The van der Waals surface area contributed by atoms with E-state index >= 15 is 0 Å². The average molecular weight is 308 g/mol. The van der Waals surface area contributed by atoms with E-state index in [2.05, 4.69) is 10.6 Å². The molecule has 0 atom stereocenters. The van der Waals surface area contributed by atoms with Gasteiger partial charge < -0.3 is 15.1 Å². The Kier molecular flexibility index (Phi) is 3.26. The normalized spacial score (nSPS) is 14.1. The number of amides is 2. The summed E-state index contributed by atoms with van der Waals surface area (Å²) in [5, 5.41) is 7.50. The summed E-state index contributed by atoms with van der Waals surface area (Å²) in [5.74, 6) is -0.169. The van der Waals surface area contributed by atoms with Crippen molar-refractivity contribution >= 4 is 39.4 Å². The van der Waals surface area contributed by atoms with E-state index in [0.717, 1.165) is 34.8 Å². The largest absolute Gasteiger partial charge is 0.456 e. The lowest BCUT2D eigenvalue weighted by molar-refractivity contribution is -0.125. The van der Waals surface area contributed by atoms with Crippen molar-refractivity contribution in [3.8, 4) is 0 Å². The van der Waals surface area contributed by atoms with Gasteiger partial charge in [0, 0.05) is 28.4 Å². The number of hydrogen-bond acceptors (Lipinski definition) is 3. The van der Waals surface area contributed by atoms with Gasteiger partial charge in [-0.25, -0.2) is 0 Å². The van der Waals surface area contributed by atoms with Crippen LogP contribution in [-0.2, 0) is 9.59 Å². The molecule has 2 amide bonds. The van der Waals surface area contributed by atoms with Gasteiger partial charge in [-0.15, -0.1) is 0 Å². The Hall–Kier alpha value is -2.82. The van der Waals surface area contributed by atoms with E-state index in [1.807, 2.05) is 36.4 Å². The van der Waals surface area contributed by atoms with Crippen LogP contribution in [0.2, 0.25) is 0 Å². The number of carbonyl (C=O) groups excluding carboxylic acids is 2. The molecule has 5 nitrogen and oxygen atoms in total. The highest BCUT2D eigenvalue weighted by atomic mass is 16.3. The molecule has 1 heterocycles. The molecule has 2 aromatic carbocycles. The second kappa shape index (κ2) is 5.43. The van der Waals surface area contributed by atoms with Crippen LogP contribution in [0.25, 0.3) is 21.9 Å². The predicted molar refractivity (Wildman–Crippen MR) is 88.1 cm³/mol. The van der Waals surface area contributed by atoms with E-state index < -0.39 is 0 Å². The minimum absolute atomic E-state index is 0.00645. The lowest BCUT2D eigenvalue weighted by Crippen LogP contribution is -2.33. The molecule has 3 aromatic rings. The fourth-order valence-corrected chi connectivity index (χ4v) is 2.67. The highest BCUT2D eigenvalue weighted by Gasteiger charge is 2.29. The number of carbonyl (C=O) groups is 2. The first-order valence-corrected chi connectivity index (χ1v) is 7.69. The SMILES string of the molecule is O=C(CNC(=O)C1CC1)Nc1ccc2c(c1)oc1ccccc12. The first-order valence-electron chi connectivity index (χ1n) is 7.69. The van der Waals surface area contributed by atoms with Crippen molar-refractivity contribution in [2.75, 3.05) is 11.9 Å². The van der Waals surface area contributed by atoms with Gasteiger partial charge in [-0.3, -0.25) is 9.59 Å². The van der Waals surface area contributed by atoms with Crippen LogP contribution < -0.4 is 10.6 Å². The second-order valence-corrected chi connectivity index (χ2v) is 5.85. The number of fused-ring (bicyclic) bond motifs is 3. The van der Waals surface area contributed by atoms with Gasteiger partial charge in [0.25, 0.3) is 0 Å². The number of furan rings is 1. The molecular formula is C18H16N2O3. The van der Waals surface area contributed by atoms with Crippen molar-refractivity contribution in [3.63, 3.8) is 0 Å². The lowest BCUT2D eigenvalue weighted by Gasteiger charge is -2.06. The van der Waals surface area contributed by atoms with Crippen molar-refractivity contribution in [1.82, 2.24) is 5.32 Å². The Labute approximate surface area is 132 Å². The number of hydrogen-bond donors (Lipinski definition) is 2. The molecule has 4 rings (SSSR count). The van der Waals surface area contributed by atoms with Gasteiger partial charge in [-0.2, -0.15) is 0 Å². The zero-order valence-electron chi connectivity index (χ0n) is 12.5. The molecule has 0 bridgehead atoms. The summed E-state index contributed by atoms with van der Waals surface area (Å²) < 4.78 is 5.79. The third-order valence-electron chi connectivity index (χ3n) is 4.03. The van der Waals surface area contributed by atoms with E-state index in [1.54, 1.807) is 6.07 Å². The van der Waals surface area contributed by atoms with E-state index in [4.69, 9.17) is 4.42 Å². The van der Waals surface area contributed by atoms with Gasteiger partial charge in [-0.1, -0.05) is 18.2 Å². The van der Waals surface area contributed by atoms with E-state index in [0.29, 0.717) is 5.69 Å². The molecule has 1 aliphatic carbocycles. The summed E-state index contributed by atoms with van der Waals surface area (Å²) in [6.07, 6.45) is 1.85. The fourth-order valence-electron chi connectivity index (χ4n) is 2.67. The number of rotatable bonds is 4. The maximum absolute atomic E-state index is 11.9. The maximum Gasteiger partial charge on any atom is 0.243 e. The van der Waals surface area contributed by atoms with Crippen LogP contribution in [-0.4, -0.2) is 18.4 Å². The molecule has 0 aliphatic heterocycles. The summed E-state index contributed by atoms with van der Waals surface area (Å²) in [6, 6.07) is 13.4. The van der Waals surface area contributed by atoms with Crippen LogP contribution in [0.3, 0.4) is 0 Å². The van der Waals surface area contributed by atoms with E-state index in [1.165, 1.54) is 0 Å². The Morgan fingerprint density at radius 1 is 1.04 bits per heavy atom. The highest BCUT2D eigenvalue weighted by Crippen LogP contribution is 2.30. The zero-order chi connectivity index (χ0) is 15.8. The van der Waals surface area contributed by atoms with E-state index in [-0.39, 0.29) is 24.3 Å². The van der Waals surface area contributed by atoms with Gasteiger partial charge in [0.2, 0.25) is 11.8 Å². The number of nitrogens with one attached hydrogen (secondary N) is 2. The molecule has 5 heteroatoms. The molecule has 1 saturated carbocycles. The summed E-state index contributed by atoms with van der Waals surface area (Å²) in [6.45, 7) is -0.00645. The quantitative estimate of drug-likeness (QED) is 0.778. The molecule has 0 unspecified atom stereocenters. The predicted octanol–water partition coefficient (Wildman–Crippen LogP) is 3.05. The third-order valence-corrected chi connectivity index (χ3v) is 4.03. The van der Waals surface area contributed by atoms with Crippen LogP contribution in [0.5, 0.6) is 0 Å². The van der Waals surface area contributed by atoms with Crippen LogP contribution in [0.1, 0.15) is 12.8 Å². The van der Waals surface area contributed by atoms with Gasteiger partial charge in [0.1, 0.15) is 11.2 Å². The number of anilines is 1. The fraction of sp³-hybridized carbons (Fsp3) is 0.222. The van der Waals surface area contributed by atoms with Gasteiger partial charge in [0.05, 0.1) is 6.54 Å². The molecule has 0 spiro atoms. The number of para-hydroxylation sites is 1. The Morgan fingerprint density at radius 3 is 2.65 bits per heavy atom. The molecule has 116 valence electrons. The summed E-state index contributed by atoms with van der Waals surface area (Å²) in [4.78, 5) is 23.4. The number of benzene rings is 2. The second-order valence-electron chi connectivity index (χ2n) is 5.85. The van der Waals surface area contributed by atoms with Crippen molar-refractivity contribution < 1.29 is 14.0 Å². The van der Waals surface area contributed by atoms with Crippen LogP contribution >= 0.6 is 0 Å². The lowest BCUT2D eigenvalue weighted by atomic mass is 10.1. The Balaban J connectivity index is 1.49. The smallest absolute Gasteiger partial charge is 0.243 e. The highest BCUT2D eigenvalue weighted by molar-refractivity contribution is 6.06. The molecule has 1 aromatic heterocycles. The monoisotopic (exact) mass is 308 g/mol. The van der Waals surface area contributed by atoms with Gasteiger partial charge in [0.15, 0.2) is 0 Å². The van der Waals surface area contributed by atoms with Crippen LogP contribution in [0.4, 0.5) is 5.69 Å². The van der Waals surface area contributed by atoms with Crippen LogP contribution in [0.15, 0.2) is 46.9 Å². The summed E-state index contributed by atoms with van der Waals surface area (Å²) in [5.41, 5.74) is 2.20. The topological polar surface area (TPSA) is 71.3 Å². The van der Waals surface area contributed by atoms with E-state index in [9.17, 15) is 9.59 Å². The molecule has 0 saturated heterocycles. The zero-order valence-corrected chi connectivity index (χ0v) is 12.5. The maximum atomic E-state index is 11.9. The van der Waals surface area contributed by atoms with Crippen molar-refractivity contribution in [2.24, 2.45) is 5.92 Å². The Bertz CT molecular complexity index is 909. The van der Waals surface area contributed by atoms with Gasteiger partial charge in [-0.05, 0) is 31.0 Å². The molecule has 2 N–H and O–H groups in total. The van der Waals surface area contributed by atoms with Crippen molar-refractivity contribution in [2.45, 2.75) is 12.8 Å². The standard InChI is InChI=1S/C18H16N2O3/c21-17(10-19-18(22)11-5-6-11)20-12-7-8-14-13-3-1-2-4-15(13)23-16(14)9-12/h1-4,7-9,11H,5-6,10H2,(H,19,22)(H,20,21). The summed E-state index contributed by atoms with van der Waals surface area (Å²) in [7, 11) is 0. The van der Waals surface area contributed by atoms with Crippen LogP contribution in [0, 0.1) is 5.92 Å². The van der Waals surface area contributed by atoms with Gasteiger partial charge >= 0.3 is 0 Å². The van der Waals surface area contributed by atoms with Crippen molar-refractivity contribution in [1.29, 1.82) is 0 Å². The van der Waals surface area contributed by atoms with Crippen molar-refractivity contribution in [3.05, 3.63) is 42.5 Å². The molecular weight excluding hydrogens is 292 g/mol. The first kappa shape index (κ1) is 13.8. The molecule has 23 heavy (non-hydrogen) atoms. The third kappa shape index (κ3) is 2.77. The average Bonchev–Trinajstić information content (AvgIpc) is 3.33. The minimum atomic E-state index is -0.241. The molecule has 1 aliphatic rings. The first-order chi connectivity index (χ1) is 11.2. The summed E-state index contributed by atoms with van der Waals surface area (Å²) >= 11 is 0. The Morgan fingerprint density at radius 2 is 1.83 bits per heavy atom.